The first-order valence-electron chi connectivity index (χ1n) is 5.50. The predicted molar refractivity (Wildman–Crippen MR) is 73.1 cm³/mol. The number of carboxylic acids is 1. The van der Waals surface area contributed by atoms with Crippen LogP contribution in [0.5, 0.6) is 0 Å². The lowest BCUT2D eigenvalue weighted by molar-refractivity contribution is 0.0697. The van der Waals surface area contributed by atoms with E-state index in [1.165, 1.54) is 0 Å². The number of carboxylic acid groups (broad SMARTS) is 1. The molecule has 0 unspecified atom stereocenters. The van der Waals surface area contributed by atoms with Crippen molar-refractivity contribution in [2.24, 2.45) is 0 Å². The molecule has 0 spiro atoms. The number of hydrogen-bond donors (Lipinski definition) is 1. The Morgan fingerprint density at radius 2 is 1.89 bits per heavy atom. The molecule has 5 nitrogen and oxygen atoms in total. The van der Waals surface area contributed by atoms with E-state index in [-0.39, 0.29) is 5.56 Å². The number of rotatable bonds is 2. The van der Waals surface area contributed by atoms with Crippen LogP contribution in [0.3, 0.4) is 0 Å². The molecule has 0 aliphatic rings. The van der Waals surface area contributed by atoms with Gasteiger partial charge in [-0.2, -0.15) is 0 Å². The second-order valence-corrected chi connectivity index (χ2v) is 4.75. The fraction of sp³-hybridized carbons (Fsp3) is 0. The molecule has 0 bridgehead atoms. The van der Waals surface area contributed by atoms with Crippen LogP contribution < -0.4 is 0 Å². The minimum atomic E-state index is -0.947. The SMILES string of the molecule is O=C(O)c1ccc(-c2nc3cccc(Br)n3n2)cc1. The molecule has 0 radical (unpaired) electrons. The van der Waals surface area contributed by atoms with Gasteiger partial charge in [-0.3, -0.25) is 0 Å². The van der Waals surface area contributed by atoms with Crippen molar-refractivity contribution in [3.63, 3.8) is 0 Å². The van der Waals surface area contributed by atoms with Gasteiger partial charge in [0.25, 0.3) is 0 Å². The highest BCUT2D eigenvalue weighted by atomic mass is 79.9. The number of aromatic nitrogens is 3. The summed E-state index contributed by atoms with van der Waals surface area (Å²) in [7, 11) is 0. The Kier molecular flexibility index (Phi) is 2.79. The summed E-state index contributed by atoms with van der Waals surface area (Å²) in [4.78, 5) is 15.2. The van der Waals surface area contributed by atoms with E-state index in [1.807, 2.05) is 18.2 Å². The van der Waals surface area contributed by atoms with Crippen molar-refractivity contribution in [1.29, 1.82) is 0 Å². The average Bonchev–Trinajstić information content (AvgIpc) is 2.84. The number of aromatic carboxylic acids is 1. The first-order valence-corrected chi connectivity index (χ1v) is 6.29. The topological polar surface area (TPSA) is 67.5 Å². The van der Waals surface area contributed by atoms with Crippen LogP contribution in [-0.2, 0) is 0 Å². The van der Waals surface area contributed by atoms with E-state index >= 15 is 0 Å². The third-order valence-electron chi connectivity index (χ3n) is 2.70. The Bertz CT molecular complexity index is 765. The smallest absolute Gasteiger partial charge is 0.335 e. The molecule has 0 saturated carbocycles. The highest BCUT2D eigenvalue weighted by Crippen LogP contribution is 2.19. The molecule has 2 aromatic heterocycles. The molecule has 94 valence electrons. The fourth-order valence-corrected chi connectivity index (χ4v) is 2.17. The standard InChI is InChI=1S/C13H8BrN3O2/c14-10-2-1-3-11-15-12(16-17(10)11)8-4-6-9(7-5-8)13(18)19/h1-7H,(H,18,19). The third kappa shape index (κ3) is 2.10. The molecular weight excluding hydrogens is 310 g/mol. The minimum Gasteiger partial charge on any atom is -0.478 e. The van der Waals surface area contributed by atoms with Crippen molar-refractivity contribution < 1.29 is 9.90 Å². The van der Waals surface area contributed by atoms with Crippen molar-refractivity contribution in [2.75, 3.05) is 0 Å². The first-order chi connectivity index (χ1) is 9.15. The summed E-state index contributed by atoms with van der Waals surface area (Å²) in [6.45, 7) is 0. The molecule has 3 aromatic rings. The summed E-state index contributed by atoms with van der Waals surface area (Å²) in [6, 6.07) is 12.1. The van der Waals surface area contributed by atoms with Crippen molar-refractivity contribution in [3.05, 3.63) is 52.6 Å². The summed E-state index contributed by atoms with van der Waals surface area (Å²) >= 11 is 3.40. The number of carbonyl (C=O) groups is 1. The van der Waals surface area contributed by atoms with E-state index in [0.717, 1.165) is 15.8 Å². The molecule has 0 saturated heterocycles. The summed E-state index contributed by atoms with van der Waals surface area (Å²) in [6.07, 6.45) is 0. The van der Waals surface area contributed by atoms with Crippen LogP contribution in [-0.4, -0.2) is 25.7 Å². The van der Waals surface area contributed by atoms with Gasteiger partial charge in [0.2, 0.25) is 0 Å². The normalized spacial score (nSPS) is 10.8. The van der Waals surface area contributed by atoms with Crippen molar-refractivity contribution in [3.8, 4) is 11.4 Å². The Morgan fingerprint density at radius 3 is 2.53 bits per heavy atom. The summed E-state index contributed by atoms with van der Waals surface area (Å²) in [5.74, 6) is -0.388. The average molecular weight is 318 g/mol. The summed E-state index contributed by atoms with van der Waals surface area (Å²) in [5.41, 5.74) is 1.75. The van der Waals surface area contributed by atoms with Crippen LogP contribution in [0.1, 0.15) is 10.4 Å². The number of hydrogen-bond acceptors (Lipinski definition) is 3. The number of benzene rings is 1. The van der Waals surface area contributed by atoms with Crippen LogP contribution in [0.2, 0.25) is 0 Å². The lowest BCUT2D eigenvalue weighted by Crippen LogP contribution is -1.95. The van der Waals surface area contributed by atoms with Crippen molar-refractivity contribution in [1.82, 2.24) is 14.6 Å². The number of pyridine rings is 1. The first kappa shape index (κ1) is 11.9. The monoisotopic (exact) mass is 317 g/mol. The van der Waals surface area contributed by atoms with Gasteiger partial charge in [-0.05, 0) is 40.2 Å². The van der Waals surface area contributed by atoms with Crippen molar-refractivity contribution >= 4 is 27.5 Å². The van der Waals surface area contributed by atoms with Crippen LogP contribution in [0.4, 0.5) is 0 Å². The van der Waals surface area contributed by atoms with Crippen LogP contribution in [0.25, 0.3) is 17.0 Å². The molecule has 2 heterocycles. The summed E-state index contributed by atoms with van der Waals surface area (Å²) < 4.78 is 2.49. The lowest BCUT2D eigenvalue weighted by Gasteiger charge is -1.96. The molecular formula is C13H8BrN3O2. The van der Waals surface area contributed by atoms with Gasteiger partial charge in [0, 0.05) is 5.56 Å². The van der Waals surface area contributed by atoms with Crippen LogP contribution >= 0.6 is 15.9 Å². The zero-order chi connectivity index (χ0) is 13.4. The molecule has 0 aliphatic heterocycles. The largest absolute Gasteiger partial charge is 0.478 e. The van der Waals surface area contributed by atoms with E-state index < -0.39 is 5.97 Å². The van der Waals surface area contributed by atoms with E-state index in [1.54, 1.807) is 28.8 Å². The molecule has 6 heteroatoms. The fourth-order valence-electron chi connectivity index (χ4n) is 1.76. The van der Waals surface area contributed by atoms with Crippen molar-refractivity contribution in [2.45, 2.75) is 0 Å². The summed E-state index contributed by atoms with van der Waals surface area (Å²) in [5, 5.41) is 13.2. The molecule has 19 heavy (non-hydrogen) atoms. The maximum absolute atomic E-state index is 10.8. The van der Waals surface area contributed by atoms with Gasteiger partial charge in [0.05, 0.1) is 5.56 Å². The van der Waals surface area contributed by atoms with Gasteiger partial charge >= 0.3 is 5.97 Å². The molecule has 1 N–H and O–H groups in total. The van der Waals surface area contributed by atoms with E-state index in [0.29, 0.717) is 5.82 Å². The van der Waals surface area contributed by atoms with E-state index in [9.17, 15) is 4.79 Å². The highest BCUT2D eigenvalue weighted by molar-refractivity contribution is 9.10. The van der Waals surface area contributed by atoms with Crippen LogP contribution in [0, 0.1) is 0 Å². The van der Waals surface area contributed by atoms with E-state index in [4.69, 9.17) is 5.11 Å². The third-order valence-corrected chi connectivity index (χ3v) is 3.30. The second kappa shape index (κ2) is 4.47. The Balaban J connectivity index is 2.09. The minimum absolute atomic E-state index is 0.244. The number of nitrogens with zero attached hydrogens (tertiary/aromatic N) is 3. The van der Waals surface area contributed by atoms with Gasteiger partial charge in [0.1, 0.15) is 4.60 Å². The molecule has 0 atom stereocenters. The molecule has 1 aromatic carbocycles. The van der Waals surface area contributed by atoms with Gasteiger partial charge in [0.15, 0.2) is 11.5 Å². The Hall–Kier alpha value is -2.21. The Labute approximate surface area is 116 Å². The maximum Gasteiger partial charge on any atom is 0.335 e. The Morgan fingerprint density at radius 1 is 1.16 bits per heavy atom. The zero-order valence-electron chi connectivity index (χ0n) is 9.62. The predicted octanol–water partition coefficient (Wildman–Crippen LogP) is 2.86. The highest BCUT2D eigenvalue weighted by Gasteiger charge is 2.09. The lowest BCUT2D eigenvalue weighted by atomic mass is 10.1. The maximum atomic E-state index is 10.8. The van der Waals surface area contributed by atoms with Gasteiger partial charge in [-0.15, -0.1) is 5.10 Å². The van der Waals surface area contributed by atoms with E-state index in [2.05, 4.69) is 26.0 Å². The zero-order valence-corrected chi connectivity index (χ0v) is 11.2. The quantitative estimate of drug-likeness (QED) is 0.738. The number of fused-ring (bicyclic) bond motifs is 1. The number of halogens is 1. The van der Waals surface area contributed by atoms with Gasteiger partial charge in [-0.25, -0.2) is 14.3 Å². The molecule has 0 aliphatic carbocycles. The molecule has 0 amide bonds. The van der Waals surface area contributed by atoms with Crippen LogP contribution in [0.15, 0.2) is 47.1 Å². The molecule has 0 fully saturated rings. The second-order valence-electron chi connectivity index (χ2n) is 3.94. The van der Waals surface area contributed by atoms with Gasteiger partial charge in [-0.1, -0.05) is 18.2 Å². The molecule has 3 rings (SSSR count). The van der Waals surface area contributed by atoms with Gasteiger partial charge < -0.3 is 5.11 Å².